The summed E-state index contributed by atoms with van der Waals surface area (Å²) in [4.78, 5) is 0. The monoisotopic (exact) mass is 296 g/mol. The summed E-state index contributed by atoms with van der Waals surface area (Å²) in [6.07, 6.45) is 0. The Morgan fingerprint density at radius 2 is 1.06 bits per heavy atom. The molecule has 2 nitrogen and oxygen atoms in total. The lowest BCUT2D eigenvalue weighted by molar-refractivity contribution is 0.406. The van der Waals surface area contributed by atoms with E-state index in [2.05, 4.69) is 32.9 Å². The fourth-order valence-corrected chi connectivity index (χ4v) is 12.0. The zero-order chi connectivity index (χ0) is 14.4. The average molecular weight is 297 g/mol. The summed E-state index contributed by atoms with van der Waals surface area (Å²) in [6.45, 7) is 25.2. The Morgan fingerprint density at radius 1 is 0.667 bits per heavy atom. The van der Waals surface area contributed by atoms with E-state index in [1.165, 1.54) is 0 Å². The molecule has 0 N–H and O–H groups in total. The van der Waals surface area contributed by atoms with E-state index < -0.39 is 25.2 Å². The van der Waals surface area contributed by atoms with E-state index in [-0.39, 0.29) is 0 Å². The third-order valence-electron chi connectivity index (χ3n) is 2.66. The van der Waals surface area contributed by atoms with Crippen LogP contribution in [0.3, 0.4) is 0 Å². The third kappa shape index (κ3) is 4.51. The van der Waals surface area contributed by atoms with E-state index in [9.17, 15) is 0 Å². The molecule has 0 rings (SSSR count). The molecule has 0 aromatic heterocycles. The highest BCUT2D eigenvalue weighted by atomic mass is 28.5. The summed E-state index contributed by atoms with van der Waals surface area (Å²) in [7, 11) is -6.69. The van der Waals surface area contributed by atoms with Gasteiger partial charge >= 0.3 is 8.56 Å². The Morgan fingerprint density at radius 3 is 1.33 bits per heavy atom. The van der Waals surface area contributed by atoms with E-state index in [1.54, 1.807) is 0 Å². The predicted molar refractivity (Wildman–Crippen MR) is 88.0 cm³/mol. The maximum absolute atomic E-state index is 6.21. The second-order valence-electron chi connectivity index (χ2n) is 4.66. The van der Waals surface area contributed by atoms with Gasteiger partial charge in [-0.3, -0.25) is 0 Å². The fourth-order valence-electron chi connectivity index (χ4n) is 1.52. The lowest BCUT2D eigenvalue weighted by Gasteiger charge is -2.36. The zero-order valence-corrected chi connectivity index (χ0v) is 14.7. The second kappa shape index (κ2) is 6.44. The van der Waals surface area contributed by atoms with Crippen LogP contribution in [0.4, 0.5) is 0 Å². The topological polar surface area (TPSA) is 18.5 Å². The molecule has 0 amide bonds. The van der Waals surface area contributed by atoms with E-state index in [0.29, 0.717) is 0 Å². The molecule has 0 saturated heterocycles. The van der Waals surface area contributed by atoms with Crippen molar-refractivity contribution in [2.75, 3.05) is 0 Å². The molecular weight excluding hydrogens is 272 g/mol. The highest BCUT2D eigenvalue weighted by Gasteiger charge is 2.40. The first-order valence-corrected chi connectivity index (χ1v) is 13.3. The van der Waals surface area contributed by atoms with Gasteiger partial charge in [0, 0.05) is 0 Å². The molecule has 0 spiro atoms. The molecule has 0 heterocycles. The first-order chi connectivity index (χ1) is 8.22. The molecule has 0 aromatic rings. The van der Waals surface area contributed by atoms with Crippen molar-refractivity contribution in [3.8, 4) is 0 Å². The van der Waals surface area contributed by atoms with Crippen LogP contribution in [0.2, 0.25) is 19.6 Å². The Kier molecular flexibility index (Phi) is 6.18. The molecule has 0 aliphatic rings. The van der Waals surface area contributed by atoms with Crippen LogP contribution in [0.5, 0.6) is 0 Å². The maximum Gasteiger partial charge on any atom is 0.312 e. The molecule has 0 fully saturated rings. The quantitative estimate of drug-likeness (QED) is 0.601. The van der Waals surface area contributed by atoms with Gasteiger partial charge in [0.1, 0.15) is 0 Å². The van der Waals surface area contributed by atoms with Crippen molar-refractivity contribution in [2.24, 2.45) is 0 Å². The Hall–Kier alpha value is -0.729. The van der Waals surface area contributed by atoms with Gasteiger partial charge in [0.05, 0.1) is 0 Å². The van der Waals surface area contributed by atoms with Gasteiger partial charge in [-0.15, -0.1) is 32.9 Å². The van der Waals surface area contributed by atoms with Crippen LogP contribution in [0.25, 0.3) is 0 Å². The fraction of sp³-hybridized carbons (Fsp3) is 0.231. The van der Waals surface area contributed by atoms with Gasteiger partial charge in [-0.05, 0) is 19.6 Å². The lowest BCUT2D eigenvalue weighted by Crippen LogP contribution is -2.52. The van der Waals surface area contributed by atoms with Crippen LogP contribution in [-0.2, 0) is 8.23 Å². The van der Waals surface area contributed by atoms with E-state index >= 15 is 0 Å². The van der Waals surface area contributed by atoms with Gasteiger partial charge in [-0.25, -0.2) is 0 Å². The number of hydrogen-bond acceptors (Lipinski definition) is 2. The van der Waals surface area contributed by atoms with Crippen molar-refractivity contribution in [1.82, 2.24) is 0 Å². The number of hydrogen-bond donors (Lipinski definition) is 0. The molecule has 0 bridgehead atoms. The highest BCUT2D eigenvalue weighted by Crippen LogP contribution is 2.23. The molecule has 0 aliphatic carbocycles. The van der Waals surface area contributed by atoms with E-state index in [0.717, 1.165) is 0 Å². The first kappa shape index (κ1) is 17.3. The van der Waals surface area contributed by atoms with Crippen molar-refractivity contribution in [2.45, 2.75) is 19.6 Å². The predicted octanol–water partition coefficient (Wildman–Crippen LogP) is 3.87. The molecule has 18 heavy (non-hydrogen) atoms. The van der Waals surface area contributed by atoms with Crippen molar-refractivity contribution >= 4 is 25.2 Å². The normalized spacial score (nSPS) is 12.6. The van der Waals surface area contributed by atoms with Gasteiger partial charge in [-0.2, -0.15) is 0 Å². The summed E-state index contributed by atoms with van der Waals surface area (Å²) in [5.74, 6) is 0. The van der Waals surface area contributed by atoms with Crippen LogP contribution in [0, 0.1) is 0 Å². The molecule has 5 heteroatoms. The Labute approximate surface area is 115 Å². The highest BCUT2D eigenvalue weighted by molar-refractivity contribution is 6.96. The van der Waals surface area contributed by atoms with Gasteiger partial charge in [-0.1, -0.05) is 28.5 Å². The average Bonchev–Trinajstić information content (AvgIpc) is 2.35. The first-order valence-electron chi connectivity index (χ1n) is 5.80. The molecular formula is C13H24O2Si3. The molecule has 0 aliphatic heterocycles. The summed E-state index contributed by atoms with van der Waals surface area (Å²) in [6, 6.07) is 0. The second-order valence-corrected chi connectivity index (χ2v) is 15.2. The van der Waals surface area contributed by atoms with Gasteiger partial charge in [0.2, 0.25) is 8.32 Å². The van der Waals surface area contributed by atoms with Gasteiger partial charge in [0.15, 0.2) is 0 Å². The van der Waals surface area contributed by atoms with Crippen molar-refractivity contribution in [1.29, 1.82) is 0 Å². The molecule has 0 aromatic carbocycles. The van der Waals surface area contributed by atoms with E-state index in [1.807, 2.05) is 48.1 Å². The van der Waals surface area contributed by atoms with Crippen LogP contribution in [0.1, 0.15) is 0 Å². The molecule has 100 valence electrons. The summed E-state index contributed by atoms with van der Waals surface area (Å²) in [5, 5.41) is 0. The van der Waals surface area contributed by atoms with Crippen molar-refractivity contribution < 1.29 is 8.23 Å². The SMILES string of the molecule is C=C[Si](C)(C=C)O[Si](C)(C)O[Si](C=C)(C=C)C=C. The smallest absolute Gasteiger partial charge is 0.312 e. The molecule has 0 radical (unpaired) electrons. The van der Waals surface area contributed by atoms with Crippen molar-refractivity contribution in [3.05, 3.63) is 61.4 Å². The minimum absolute atomic E-state index is 1.81. The summed E-state index contributed by atoms with van der Waals surface area (Å²) < 4.78 is 12.4. The molecule has 0 unspecified atom stereocenters. The van der Waals surface area contributed by atoms with Gasteiger partial charge in [0.25, 0.3) is 8.32 Å². The maximum atomic E-state index is 6.21. The summed E-state index contributed by atoms with van der Waals surface area (Å²) in [5.41, 5.74) is 9.15. The van der Waals surface area contributed by atoms with Crippen LogP contribution in [0.15, 0.2) is 61.4 Å². The third-order valence-corrected chi connectivity index (χ3v) is 13.3. The largest absolute Gasteiger partial charge is 0.430 e. The van der Waals surface area contributed by atoms with Crippen LogP contribution in [-0.4, -0.2) is 25.2 Å². The Balaban J connectivity index is 5.11. The zero-order valence-electron chi connectivity index (χ0n) is 11.7. The Bertz CT molecular complexity index is 331. The standard InChI is InChI=1S/C13H24O2Si3/c1-9-17(8,10-2)14-16(6,7)15-18(11-3,12-4)13-5/h9-13H,1-5H2,6-8H3. The van der Waals surface area contributed by atoms with Crippen LogP contribution < -0.4 is 0 Å². The van der Waals surface area contributed by atoms with E-state index in [4.69, 9.17) is 8.23 Å². The minimum atomic E-state index is -2.31. The molecule has 0 atom stereocenters. The summed E-state index contributed by atoms with van der Waals surface area (Å²) >= 11 is 0. The lowest BCUT2D eigenvalue weighted by atomic mass is 11.2. The minimum Gasteiger partial charge on any atom is -0.430 e. The van der Waals surface area contributed by atoms with Crippen LogP contribution >= 0.6 is 0 Å². The van der Waals surface area contributed by atoms with Gasteiger partial charge < -0.3 is 8.23 Å². The number of rotatable bonds is 9. The molecule has 0 saturated carbocycles. The van der Waals surface area contributed by atoms with Crippen molar-refractivity contribution in [3.63, 3.8) is 0 Å².